The van der Waals surface area contributed by atoms with Crippen LogP contribution in [0.4, 0.5) is 0 Å². The van der Waals surface area contributed by atoms with Crippen LogP contribution in [0.2, 0.25) is 0 Å². The van der Waals surface area contributed by atoms with Gasteiger partial charge in [0.1, 0.15) is 6.07 Å². The van der Waals surface area contributed by atoms with Crippen molar-refractivity contribution in [3.8, 4) is 6.07 Å². The van der Waals surface area contributed by atoms with Gasteiger partial charge < -0.3 is 0 Å². The molecule has 0 N–H and O–H groups in total. The van der Waals surface area contributed by atoms with Crippen molar-refractivity contribution >= 4 is 28.8 Å². The second kappa shape index (κ2) is 8.21. The highest BCUT2D eigenvalue weighted by atomic mass is 127. The standard InChI is InChI=1S/C9H9IN2/c1-2-3-4-9(7-11)8-12-6-5-10/h2-6,8H,1H3/b3-2-,6-5+,9-4-,12-8+. The molecule has 0 aromatic heterocycles. The molecule has 0 amide bonds. The zero-order chi connectivity index (χ0) is 9.23. The van der Waals surface area contributed by atoms with Crippen LogP contribution in [-0.2, 0) is 0 Å². The molecule has 0 saturated carbocycles. The molecule has 2 nitrogen and oxygen atoms in total. The molecule has 0 radical (unpaired) electrons. The lowest BCUT2D eigenvalue weighted by atomic mass is 10.3. The molecule has 0 bridgehead atoms. The Balaban J connectivity index is 4.29. The van der Waals surface area contributed by atoms with E-state index < -0.39 is 0 Å². The summed E-state index contributed by atoms with van der Waals surface area (Å²) in [5.41, 5.74) is 0.544. The van der Waals surface area contributed by atoms with Gasteiger partial charge in [-0.05, 0) is 17.1 Å². The van der Waals surface area contributed by atoms with Gasteiger partial charge in [-0.3, -0.25) is 4.99 Å². The van der Waals surface area contributed by atoms with Crippen LogP contribution in [0.1, 0.15) is 6.92 Å². The van der Waals surface area contributed by atoms with Crippen LogP contribution in [0, 0.1) is 11.3 Å². The molecule has 0 saturated heterocycles. The first-order valence-electron chi connectivity index (χ1n) is 3.36. The number of allylic oxidation sites excluding steroid dienone is 4. The molecular formula is C9H9IN2. The Kier molecular flexibility index (Phi) is 7.60. The van der Waals surface area contributed by atoms with Gasteiger partial charge in [-0.2, -0.15) is 5.26 Å². The summed E-state index contributed by atoms with van der Waals surface area (Å²) in [6.07, 6.45) is 8.53. The lowest BCUT2D eigenvalue weighted by Crippen LogP contribution is -1.77. The summed E-state index contributed by atoms with van der Waals surface area (Å²) < 4.78 is 1.78. The molecule has 0 spiro atoms. The topological polar surface area (TPSA) is 36.1 Å². The molecule has 0 unspecified atom stereocenters. The molecule has 0 rings (SSSR count). The monoisotopic (exact) mass is 272 g/mol. The zero-order valence-corrected chi connectivity index (χ0v) is 8.89. The van der Waals surface area contributed by atoms with Crippen molar-refractivity contribution in [1.29, 1.82) is 5.26 Å². The van der Waals surface area contributed by atoms with E-state index >= 15 is 0 Å². The first kappa shape index (κ1) is 11.1. The predicted molar refractivity (Wildman–Crippen MR) is 60.2 cm³/mol. The molecule has 62 valence electrons. The lowest BCUT2D eigenvalue weighted by Gasteiger charge is -1.81. The molecule has 0 aliphatic heterocycles. The molecule has 0 aliphatic carbocycles. The maximum Gasteiger partial charge on any atom is 0.101 e. The number of nitrogens with zero attached hydrogens (tertiary/aromatic N) is 2. The average Bonchev–Trinajstić information content (AvgIpc) is 2.11. The van der Waals surface area contributed by atoms with Gasteiger partial charge in [-0.25, -0.2) is 0 Å². The van der Waals surface area contributed by atoms with E-state index in [0.717, 1.165) is 0 Å². The van der Waals surface area contributed by atoms with Gasteiger partial charge in [0.25, 0.3) is 0 Å². The van der Waals surface area contributed by atoms with Crippen LogP contribution in [0.5, 0.6) is 0 Å². The number of hydrogen-bond acceptors (Lipinski definition) is 2. The third-order valence-corrected chi connectivity index (χ3v) is 1.27. The second-order valence-electron chi connectivity index (χ2n) is 1.81. The fourth-order valence-corrected chi connectivity index (χ4v) is 0.651. The van der Waals surface area contributed by atoms with Gasteiger partial charge in [0.15, 0.2) is 0 Å². The van der Waals surface area contributed by atoms with E-state index in [1.165, 1.54) is 6.21 Å². The molecule has 0 heterocycles. The van der Waals surface area contributed by atoms with Gasteiger partial charge in [0.2, 0.25) is 0 Å². The highest BCUT2D eigenvalue weighted by molar-refractivity contribution is 14.1. The van der Waals surface area contributed by atoms with E-state index in [-0.39, 0.29) is 0 Å². The van der Waals surface area contributed by atoms with Gasteiger partial charge in [0, 0.05) is 12.4 Å². The fraction of sp³-hybridized carbons (Fsp3) is 0.111. The lowest BCUT2D eigenvalue weighted by molar-refractivity contribution is 1.51. The summed E-state index contributed by atoms with van der Waals surface area (Å²) >= 11 is 2.06. The molecule has 3 heteroatoms. The normalized spacial score (nSPS) is 13.2. The minimum Gasteiger partial charge on any atom is -0.263 e. The van der Waals surface area contributed by atoms with E-state index in [4.69, 9.17) is 5.26 Å². The molecule has 12 heavy (non-hydrogen) atoms. The van der Waals surface area contributed by atoms with Crippen molar-refractivity contribution in [1.82, 2.24) is 0 Å². The number of aliphatic imine (C=N–C) groups is 1. The summed E-state index contributed by atoms with van der Waals surface area (Å²) in [5.74, 6) is 0. The van der Waals surface area contributed by atoms with Crippen molar-refractivity contribution in [2.45, 2.75) is 6.92 Å². The minimum absolute atomic E-state index is 0.544. The first-order valence-corrected chi connectivity index (χ1v) is 4.61. The first-order chi connectivity index (χ1) is 5.85. The number of rotatable bonds is 3. The molecule has 0 aromatic carbocycles. The van der Waals surface area contributed by atoms with E-state index in [1.54, 1.807) is 22.4 Å². The molecule has 0 aliphatic rings. The molecule has 0 fully saturated rings. The number of hydrogen-bond donors (Lipinski definition) is 0. The Bertz CT molecular complexity index is 267. The summed E-state index contributed by atoms with van der Waals surface area (Å²) in [4.78, 5) is 3.88. The largest absolute Gasteiger partial charge is 0.263 e. The van der Waals surface area contributed by atoms with E-state index in [9.17, 15) is 0 Å². The van der Waals surface area contributed by atoms with Crippen LogP contribution in [0.25, 0.3) is 0 Å². The van der Waals surface area contributed by atoms with Gasteiger partial charge >= 0.3 is 0 Å². The molecule has 0 aromatic rings. The van der Waals surface area contributed by atoms with Crippen molar-refractivity contribution in [2.24, 2.45) is 4.99 Å². The van der Waals surface area contributed by atoms with Gasteiger partial charge in [-0.15, -0.1) is 0 Å². The summed E-state index contributed by atoms with van der Waals surface area (Å²) in [6.45, 7) is 1.90. The van der Waals surface area contributed by atoms with Crippen molar-refractivity contribution < 1.29 is 0 Å². The maximum absolute atomic E-state index is 8.58. The fourth-order valence-electron chi connectivity index (χ4n) is 0.465. The zero-order valence-electron chi connectivity index (χ0n) is 6.74. The Morgan fingerprint density at radius 3 is 2.83 bits per heavy atom. The van der Waals surface area contributed by atoms with Crippen molar-refractivity contribution in [3.63, 3.8) is 0 Å². The van der Waals surface area contributed by atoms with Crippen LogP contribution in [0.3, 0.4) is 0 Å². The Morgan fingerprint density at radius 2 is 2.33 bits per heavy atom. The van der Waals surface area contributed by atoms with Gasteiger partial charge in [0.05, 0.1) is 5.57 Å². The van der Waals surface area contributed by atoms with Crippen LogP contribution < -0.4 is 0 Å². The summed E-state index contributed by atoms with van der Waals surface area (Å²) in [5, 5.41) is 8.58. The predicted octanol–water partition coefficient (Wildman–Crippen LogP) is 2.99. The third-order valence-electron chi connectivity index (χ3n) is 0.953. The Morgan fingerprint density at radius 1 is 1.58 bits per heavy atom. The van der Waals surface area contributed by atoms with Crippen molar-refractivity contribution in [3.05, 3.63) is 34.1 Å². The molecular weight excluding hydrogens is 263 g/mol. The Labute approximate surface area is 86.1 Å². The second-order valence-corrected chi connectivity index (χ2v) is 2.53. The highest BCUT2D eigenvalue weighted by Crippen LogP contribution is 1.90. The quantitative estimate of drug-likeness (QED) is 0.337. The summed E-state index contributed by atoms with van der Waals surface area (Å²) in [7, 11) is 0. The van der Waals surface area contributed by atoms with Crippen LogP contribution in [0.15, 0.2) is 39.1 Å². The van der Waals surface area contributed by atoms with Crippen LogP contribution in [-0.4, -0.2) is 6.21 Å². The minimum atomic E-state index is 0.544. The van der Waals surface area contributed by atoms with Gasteiger partial charge in [-0.1, -0.05) is 34.7 Å². The molecule has 0 atom stereocenters. The Hall–Kier alpha value is -0.890. The van der Waals surface area contributed by atoms with E-state index in [2.05, 4.69) is 27.6 Å². The number of halogens is 1. The van der Waals surface area contributed by atoms with Crippen LogP contribution >= 0.6 is 22.6 Å². The number of nitriles is 1. The SMILES string of the molecule is C\C=C/C=C(C#N)\C=N\C=C\I. The van der Waals surface area contributed by atoms with Crippen molar-refractivity contribution in [2.75, 3.05) is 0 Å². The summed E-state index contributed by atoms with van der Waals surface area (Å²) in [6, 6.07) is 2.02. The highest BCUT2D eigenvalue weighted by Gasteiger charge is 1.83. The maximum atomic E-state index is 8.58. The van der Waals surface area contributed by atoms with E-state index in [0.29, 0.717) is 5.57 Å². The average molecular weight is 272 g/mol. The van der Waals surface area contributed by atoms with E-state index in [1.807, 2.05) is 19.1 Å². The smallest absolute Gasteiger partial charge is 0.101 e. The third kappa shape index (κ3) is 5.86.